The molecule has 0 fully saturated rings. The van der Waals surface area contributed by atoms with Crippen molar-refractivity contribution < 1.29 is 17.9 Å². The highest BCUT2D eigenvalue weighted by Gasteiger charge is 2.29. The van der Waals surface area contributed by atoms with E-state index in [1.54, 1.807) is 0 Å². The standard InChI is InChI=1S/C13H16BrF3O/c1-10(6-8-14)7-9-18-12-4-2-11(3-5-12)13(15,16)17/h2-5,10H,6-9H2,1H3. The lowest BCUT2D eigenvalue weighted by Gasteiger charge is -2.12. The molecule has 18 heavy (non-hydrogen) atoms. The Morgan fingerprint density at radius 3 is 2.28 bits per heavy atom. The van der Waals surface area contributed by atoms with Gasteiger partial charge in [-0.15, -0.1) is 0 Å². The van der Waals surface area contributed by atoms with Crippen molar-refractivity contribution in [3.8, 4) is 5.75 Å². The third-order valence-electron chi connectivity index (χ3n) is 2.66. The van der Waals surface area contributed by atoms with Crippen LogP contribution in [0.25, 0.3) is 0 Å². The molecule has 1 aromatic rings. The van der Waals surface area contributed by atoms with Gasteiger partial charge in [0.05, 0.1) is 12.2 Å². The van der Waals surface area contributed by atoms with Crippen LogP contribution in [0.5, 0.6) is 5.75 Å². The monoisotopic (exact) mass is 324 g/mol. The third-order valence-corrected chi connectivity index (χ3v) is 3.12. The minimum Gasteiger partial charge on any atom is -0.494 e. The van der Waals surface area contributed by atoms with Crippen LogP contribution in [0.1, 0.15) is 25.3 Å². The van der Waals surface area contributed by atoms with Gasteiger partial charge in [-0.2, -0.15) is 13.2 Å². The van der Waals surface area contributed by atoms with Crippen LogP contribution in [-0.4, -0.2) is 11.9 Å². The molecule has 1 atom stereocenters. The lowest BCUT2D eigenvalue weighted by molar-refractivity contribution is -0.137. The molecule has 0 aromatic heterocycles. The Hall–Kier alpha value is -0.710. The number of hydrogen-bond acceptors (Lipinski definition) is 1. The molecule has 0 heterocycles. The maximum Gasteiger partial charge on any atom is 0.416 e. The molecule has 0 radical (unpaired) electrons. The summed E-state index contributed by atoms with van der Waals surface area (Å²) in [4.78, 5) is 0. The van der Waals surface area contributed by atoms with Crippen molar-refractivity contribution in [1.29, 1.82) is 0 Å². The van der Waals surface area contributed by atoms with Gasteiger partial charge in [0.25, 0.3) is 0 Å². The largest absolute Gasteiger partial charge is 0.494 e. The molecule has 0 bridgehead atoms. The van der Waals surface area contributed by atoms with Gasteiger partial charge in [-0.05, 0) is 43.0 Å². The minimum atomic E-state index is -4.29. The van der Waals surface area contributed by atoms with Crippen molar-refractivity contribution in [2.45, 2.75) is 25.9 Å². The normalized spacial score (nSPS) is 13.4. The fraction of sp³-hybridized carbons (Fsp3) is 0.538. The quantitative estimate of drug-likeness (QED) is 0.676. The Balaban J connectivity index is 2.40. The fourth-order valence-electron chi connectivity index (χ4n) is 1.45. The molecule has 0 aliphatic carbocycles. The second kappa shape index (κ2) is 7.02. The Morgan fingerprint density at radius 1 is 1.17 bits per heavy atom. The third kappa shape index (κ3) is 5.29. The molecule has 0 aliphatic heterocycles. The maximum absolute atomic E-state index is 12.3. The first-order chi connectivity index (χ1) is 8.43. The van der Waals surface area contributed by atoms with Crippen LogP contribution in [0, 0.1) is 5.92 Å². The number of hydrogen-bond donors (Lipinski definition) is 0. The molecule has 102 valence electrons. The van der Waals surface area contributed by atoms with E-state index in [-0.39, 0.29) is 0 Å². The molecular weight excluding hydrogens is 309 g/mol. The molecule has 0 spiro atoms. The summed E-state index contributed by atoms with van der Waals surface area (Å²) in [6.45, 7) is 2.65. The molecule has 1 nitrogen and oxygen atoms in total. The molecule has 0 amide bonds. The van der Waals surface area contributed by atoms with Crippen LogP contribution in [0.15, 0.2) is 24.3 Å². The van der Waals surface area contributed by atoms with E-state index in [0.29, 0.717) is 18.3 Å². The van der Waals surface area contributed by atoms with Crippen LogP contribution in [0.3, 0.4) is 0 Å². The van der Waals surface area contributed by atoms with E-state index < -0.39 is 11.7 Å². The van der Waals surface area contributed by atoms with Gasteiger partial charge in [-0.25, -0.2) is 0 Å². The molecule has 5 heteroatoms. The Bertz CT molecular complexity index is 348. The van der Waals surface area contributed by atoms with E-state index in [1.165, 1.54) is 12.1 Å². The summed E-state index contributed by atoms with van der Waals surface area (Å²) in [5.74, 6) is 1.02. The number of benzene rings is 1. The number of alkyl halides is 4. The number of halogens is 4. The van der Waals surface area contributed by atoms with Gasteiger partial charge in [0.15, 0.2) is 0 Å². The zero-order valence-electron chi connectivity index (χ0n) is 10.1. The Labute approximate surface area is 113 Å². The van der Waals surface area contributed by atoms with E-state index in [4.69, 9.17) is 4.74 Å². The highest BCUT2D eigenvalue weighted by Crippen LogP contribution is 2.30. The van der Waals surface area contributed by atoms with Crippen LogP contribution in [0.4, 0.5) is 13.2 Å². The van der Waals surface area contributed by atoms with Crippen LogP contribution in [0.2, 0.25) is 0 Å². The first kappa shape index (κ1) is 15.3. The van der Waals surface area contributed by atoms with Gasteiger partial charge in [0, 0.05) is 5.33 Å². The summed E-state index contributed by atoms with van der Waals surface area (Å²) in [6, 6.07) is 4.80. The summed E-state index contributed by atoms with van der Waals surface area (Å²) in [5, 5.41) is 0.953. The van der Waals surface area contributed by atoms with Crippen molar-refractivity contribution in [1.82, 2.24) is 0 Å². The van der Waals surface area contributed by atoms with Gasteiger partial charge in [0.1, 0.15) is 5.75 Å². The lowest BCUT2D eigenvalue weighted by Crippen LogP contribution is -2.06. The van der Waals surface area contributed by atoms with E-state index in [2.05, 4.69) is 22.9 Å². The summed E-state index contributed by atoms with van der Waals surface area (Å²) < 4.78 is 42.4. The molecule has 1 rings (SSSR count). The van der Waals surface area contributed by atoms with Crippen LogP contribution >= 0.6 is 15.9 Å². The molecule has 0 saturated carbocycles. The van der Waals surface area contributed by atoms with Crippen molar-refractivity contribution in [3.63, 3.8) is 0 Å². The average molecular weight is 325 g/mol. The summed E-state index contributed by atoms with van der Waals surface area (Å²) in [5.41, 5.74) is -0.650. The van der Waals surface area contributed by atoms with Gasteiger partial charge in [0.2, 0.25) is 0 Å². The first-order valence-electron chi connectivity index (χ1n) is 5.79. The van der Waals surface area contributed by atoms with E-state index in [9.17, 15) is 13.2 Å². The Kier molecular flexibility index (Phi) is 5.99. The topological polar surface area (TPSA) is 9.23 Å². The minimum absolute atomic E-state index is 0.481. The lowest BCUT2D eigenvalue weighted by atomic mass is 10.1. The summed E-state index contributed by atoms with van der Waals surface area (Å²) in [7, 11) is 0. The molecule has 0 saturated heterocycles. The van der Waals surface area contributed by atoms with Crippen molar-refractivity contribution in [2.24, 2.45) is 5.92 Å². The van der Waals surface area contributed by atoms with E-state index >= 15 is 0 Å². The summed E-state index contributed by atoms with van der Waals surface area (Å²) in [6.07, 6.45) is -2.33. The zero-order chi connectivity index (χ0) is 13.6. The zero-order valence-corrected chi connectivity index (χ0v) is 11.7. The van der Waals surface area contributed by atoms with Gasteiger partial charge in [-0.1, -0.05) is 22.9 Å². The van der Waals surface area contributed by atoms with Crippen LogP contribution < -0.4 is 4.74 Å². The second-order valence-electron chi connectivity index (χ2n) is 4.24. The van der Waals surface area contributed by atoms with Gasteiger partial charge >= 0.3 is 6.18 Å². The molecule has 1 unspecified atom stereocenters. The number of rotatable bonds is 6. The van der Waals surface area contributed by atoms with Crippen molar-refractivity contribution in [3.05, 3.63) is 29.8 Å². The smallest absolute Gasteiger partial charge is 0.416 e. The predicted octanol–water partition coefficient (Wildman–Crippen LogP) is 4.90. The molecular formula is C13H16BrF3O. The highest BCUT2D eigenvalue weighted by atomic mass is 79.9. The predicted molar refractivity (Wildman–Crippen MR) is 69.1 cm³/mol. The second-order valence-corrected chi connectivity index (χ2v) is 5.04. The van der Waals surface area contributed by atoms with Gasteiger partial charge < -0.3 is 4.74 Å². The molecule has 1 aromatic carbocycles. The van der Waals surface area contributed by atoms with Gasteiger partial charge in [-0.3, -0.25) is 0 Å². The average Bonchev–Trinajstić information content (AvgIpc) is 2.29. The molecule has 0 aliphatic rings. The fourth-order valence-corrected chi connectivity index (χ4v) is 2.23. The Morgan fingerprint density at radius 2 is 1.78 bits per heavy atom. The number of ether oxygens (including phenoxy) is 1. The SMILES string of the molecule is CC(CCBr)CCOc1ccc(C(F)(F)F)cc1. The first-order valence-corrected chi connectivity index (χ1v) is 6.91. The van der Waals surface area contributed by atoms with E-state index in [0.717, 1.165) is 30.3 Å². The van der Waals surface area contributed by atoms with Crippen molar-refractivity contribution >= 4 is 15.9 Å². The maximum atomic E-state index is 12.3. The van der Waals surface area contributed by atoms with Crippen molar-refractivity contribution in [2.75, 3.05) is 11.9 Å². The highest BCUT2D eigenvalue weighted by molar-refractivity contribution is 9.09. The molecule has 0 N–H and O–H groups in total. The van der Waals surface area contributed by atoms with Crippen LogP contribution in [-0.2, 0) is 6.18 Å². The van der Waals surface area contributed by atoms with E-state index in [1.807, 2.05) is 0 Å². The summed E-state index contributed by atoms with van der Waals surface area (Å²) >= 11 is 3.37.